The van der Waals surface area contributed by atoms with Gasteiger partial charge in [-0.05, 0) is 37.3 Å². The summed E-state index contributed by atoms with van der Waals surface area (Å²) in [6.45, 7) is 3.20. The number of para-hydroxylation sites is 2. The number of aryl methyl sites for hydroxylation is 1. The molecule has 0 unspecified atom stereocenters. The number of hydrogen-bond donors (Lipinski definition) is 2. The van der Waals surface area contributed by atoms with Crippen LogP contribution in [0.2, 0.25) is 0 Å². The van der Waals surface area contributed by atoms with E-state index in [-0.39, 0.29) is 18.0 Å². The Kier molecular flexibility index (Phi) is 7.52. The van der Waals surface area contributed by atoms with Crippen molar-refractivity contribution in [2.75, 3.05) is 25.0 Å². The fraction of sp³-hybridized carbons (Fsp3) is 0.286. The van der Waals surface area contributed by atoms with E-state index in [9.17, 15) is 14.9 Å². The lowest BCUT2D eigenvalue weighted by Crippen LogP contribution is -2.29. The van der Waals surface area contributed by atoms with Crippen LogP contribution in [0.4, 0.5) is 11.4 Å². The molecule has 0 aliphatic heterocycles. The Hall–Kier alpha value is -3.95. The first-order valence-corrected chi connectivity index (χ1v) is 9.86. The first kappa shape index (κ1) is 21.8. The molecule has 0 saturated carbocycles. The fourth-order valence-electron chi connectivity index (χ4n) is 2.83. The number of nitro benzene ring substituents is 1. The molecule has 1 heterocycles. The Morgan fingerprint density at radius 1 is 1.16 bits per heavy atom. The molecule has 0 aliphatic carbocycles. The Morgan fingerprint density at radius 3 is 2.68 bits per heavy atom. The smallest absolute Gasteiger partial charge is 0.292 e. The predicted octanol–water partition coefficient (Wildman–Crippen LogP) is 3.20. The van der Waals surface area contributed by atoms with Gasteiger partial charge in [0.25, 0.3) is 5.69 Å². The average Bonchev–Trinajstić information content (AvgIpc) is 3.25. The van der Waals surface area contributed by atoms with E-state index < -0.39 is 4.92 Å². The Balaban J connectivity index is 1.41. The number of anilines is 1. The summed E-state index contributed by atoms with van der Waals surface area (Å²) in [6.07, 6.45) is 0.504. The van der Waals surface area contributed by atoms with Gasteiger partial charge < -0.3 is 19.9 Å². The number of nitrogens with one attached hydrogen (secondary N) is 2. The Labute approximate surface area is 178 Å². The number of nitro groups is 1. The monoisotopic (exact) mass is 425 g/mol. The largest absolute Gasteiger partial charge is 0.494 e. The number of aromatic nitrogens is 2. The summed E-state index contributed by atoms with van der Waals surface area (Å²) in [5, 5.41) is 20.6. The highest BCUT2D eigenvalue weighted by Gasteiger charge is 2.13. The summed E-state index contributed by atoms with van der Waals surface area (Å²) < 4.78 is 10.6. The van der Waals surface area contributed by atoms with Crippen molar-refractivity contribution in [1.82, 2.24) is 15.5 Å². The minimum atomic E-state index is -0.451. The zero-order valence-electron chi connectivity index (χ0n) is 17.0. The van der Waals surface area contributed by atoms with Gasteiger partial charge in [-0.2, -0.15) is 4.98 Å². The second-order valence-electron chi connectivity index (χ2n) is 6.52. The van der Waals surface area contributed by atoms with Crippen molar-refractivity contribution < 1.29 is 19.0 Å². The molecule has 2 aromatic carbocycles. The summed E-state index contributed by atoms with van der Waals surface area (Å²) in [5.41, 5.74) is 1.20. The zero-order valence-corrected chi connectivity index (χ0v) is 17.0. The molecule has 10 nitrogen and oxygen atoms in total. The van der Waals surface area contributed by atoms with E-state index in [1.807, 2.05) is 31.2 Å². The van der Waals surface area contributed by atoms with Crippen molar-refractivity contribution in [3.05, 3.63) is 64.5 Å². The van der Waals surface area contributed by atoms with Gasteiger partial charge in [-0.3, -0.25) is 14.9 Å². The van der Waals surface area contributed by atoms with Crippen molar-refractivity contribution >= 4 is 17.3 Å². The van der Waals surface area contributed by atoms with E-state index >= 15 is 0 Å². The minimum Gasteiger partial charge on any atom is -0.494 e. The van der Waals surface area contributed by atoms with Crippen molar-refractivity contribution in [2.45, 2.75) is 19.8 Å². The maximum Gasteiger partial charge on any atom is 0.292 e. The highest BCUT2D eigenvalue weighted by atomic mass is 16.6. The molecule has 0 spiro atoms. The van der Waals surface area contributed by atoms with Crippen LogP contribution in [0.1, 0.15) is 19.2 Å². The summed E-state index contributed by atoms with van der Waals surface area (Å²) in [7, 11) is 0. The van der Waals surface area contributed by atoms with Crippen LogP contribution in [0, 0.1) is 10.1 Å². The van der Waals surface area contributed by atoms with Gasteiger partial charge in [-0.25, -0.2) is 0 Å². The molecule has 0 aliphatic rings. The summed E-state index contributed by atoms with van der Waals surface area (Å²) in [4.78, 5) is 26.9. The summed E-state index contributed by atoms with van der Waals surface area (Å²) in [5.74, 6) is 1.41. The second kappa shape index (κ2) is 10.7. The molecule has 0 bridgehead atoms. The number of amides is 1. The number of benzene rings is 2. The lowest BCUT2D eigenvalue weighted by molar-refractivity contribution is -0.384. The van der Waals surface area contributed by atoms with E-state index in [4.69, 9.17) is 9.26 Å². The van der Waals surface area contributed by atoms with Gasteiger partial charge in [0.05, 0.1) is 11.5 Å². The molecule has 3 aromatic rings. The first-order chi connectivity index (χ1) is 15.1. The number of carbonyl (C=O) groups is 1. The topological polar surface area (TPSA) is 132 Å². The number of rotatable bonds is 11. The molecule has 3 rings (SSSR count). The van der Waals surface area contributed by atoms with Crippen LogP contribution in [0.25, 0.3) is 11.4 Å². The molecular formula is C21H23N5O5. The Morgan fingerprint density at radius 2 is 1.94 bits per heavy atom. The van der Waals surface area contributed by atoms with E-state index in [2.05, 4.69) is 20.8 Å². The van der Waals surface area contributed by atoms with Gasteiger partial charge >= 0.3 is 0 Å². The molecule has 31 heavy (non-hydrogen) atoms. The maximum atomic E-state index is 12.0. The second-order valence-corrected chi connectivity index (χ2v) is 6.52. The van der Waals surface area contributed by atoms with Crippen LogP contribution in [0.5, 0.6) is 5.75 Å². The Bertz CT molecular complexity index is 1020. The van der Waals surface area contributed by atoms with Crippen molar-refractivity contribution in [3.63, 3.8) is 0 Å². The lowest BCUT2D eigenvalue weighted by Gasteiger charge is -2.08. The van der Waals surface area contributed by atoms with Gasteiger partial charge in [0.2, 0.25) is 17.6 Å². The SMILES string of the molecule is CCOc1ccc(-c2noc(CCC(=O)NCCNc3ccccc3[N+](=O)[O-])n2)cc1. The molecule has 0 fully saturated rings. The third-order valence-electron chi connectivity index (χ3n) is 4.32. The van der Waals surface area contributed by atoms with Crippen LogP contribution in [0.3, 0.4) is 0 Å². The standard InChI is InChI=1S/C21H23N5O5/c1-2-30-16-9-7-15(8-10-16)21-24-20(31-25-21)12-11-19(27)23-14-13-22-17-5-3-4-6-18(17)26(28)29/h3-10,22H,2,11-14H2,1H3,(H,23,27). The van der Waals surface area contributed by atoms with Crippen molar-refractivity contribution in [2.24, 2.45) is 0 Å². The van der Waals surface area contributed by atoms with Crippen molar-refractivity contribution in [1.29, 1.82) is 0 Å². The maximum absolute atomic E-state index is 12.0. The summed E-state index contributed by atoms with van der Waals surface area (Å²) in [6, 6.07) is 13.7. The third kappa shape index (κ3) is 6.26. The van der Waals surface area contributed by atoms with Crippen LogP contribution >= 0.6 is 0 Å². The molecule has 2 N–H and O–H groups in total. The lowest BCUT2D eigenvalue weighted by atomic mass is 10.2. The normalized spacial score (nSPS) is 10.5. The molecule has 1 aromatic heterocycles. The molecular weight excluding hydrogens is 402 g/mol. The van der Waals surface area contributed by atoms with E-state index in [0.29, 0.717) is 43.5 Å². The summed E-state index contributed by atoms with van der Waals surface area (Å²) >= 11 is 0. The highest BCUT2D eigenvalue weighted by Crippen LogP contribution is 2.22. The van der Waals surface area contributed by atoms with Gasteiger partial charge in [0.15, 0.2) is 0 Å². The highest BCUT2D eigenvalue weighted by molar-refractivity contribution is 5.76. The van der Waals surface area contributed by atoms with E-state index in [0.717, 1.165) is 11.3 Å². The number of hydrogen-bond acceptors (Lipinski definition) is 8. The average molecular weight is 425 g/mol. The van der Waals surface area contributed by atoms with Crippen LogP contribution in [0.15, 0.2) is 53.1 Å². The zero-order chi connectivity index (χ0) is 22.1. The first-order valence-electron chi connectivity index (χ1n) is 9.86. The quantitative estimate of drug-likeness (QED) is 0.272. The number of ether oxygens (including phenoxy) is 1. The fourth-order valence-corrected chi connectivity index (χ4v) is 2.83. The van der Waals surface area contributed by atoms with Gasteiger partial charge in [0, 0.05) is 37.6 Å². The minimum absolute atomic E-state index is 0.00597. The van der Waals surface area contributed by atoms with Crippen LogP contribution in [-0.4, -0.2) is 40.7 Å². The van der Waals surface area contributed by atoms with Crippen LogP contribution in [-0.2, 0) is 11.2 Å². The van der Waals surface area contributed by atoms with Gasteiger partial charge in [0.1, 0.15) is 11.4 Å². The number of carbonyl (C=O) groups excluding carboxylic acids is 1. The molecule has 0 saturated heterocycles. The predicted molar refractivity (Wildman–Crippen MR) is 114 cm³/mol. The van der Waals surface area contributed by atoms with E-state index in [1.165, 1.54) is 6.07 Å². The van der Waals surface area contributed by atoms with Gasteiger partial charge in [-0.1, -0.05) is 17.3 Å². The molecule has 0 radical (unpaired) electrons. The van der Waals surface area contributed by atoms with Crippen LogP contribution < -0.4 is 15.4 Å². The number of nitrogens with zero attached hydrogens (tertiary/aromatic N) is 3. The molecule has 162 valence electrons. The third-order valence-corrected chi connectivity index (χ3v) is 4.32. The van der Waals surface area contributed by atoms with Crippen molar-refractivity contribution in [3.8, 4) is 17.1 Å². The molecule has 0 atom stereocenters. The van der Waals surface area contributed by atoms with Gasteiger partial charge in [-0.15, -0.1) is 0 Å². The molecule has 1 amide bonds. The van der Waals surface area contributed by atoms with E-state index in [1.54, 1.807) is 18.2 Å². The molecule has 10 heteroatoms.